The molecular weight excluding hydrogens is 244 g/mol. The van der Waals surface area contributed by atoms with Crippen molar-refractivity contribution in [2.24, 2.45) is 5.92 Å². The van der Waals surface area contributed by atoms with E-state index in [0.29, 0.717) is 28.3 Å². The Labute approximate surface area is 92.5 Å². The lowest BCUT2D eigenvalue weighted by Crippen LogP contribution is -2.23. The third-order valence-electron chi connectivity index (χ3n) is 2.07. The van der Waals surface area contributed by atoms with Crippen LogP contribution in [0.5, 0.6) is 0 Å². The van der Waals surface area contributed by atoms with E-state index in [0.717, 1.165) is 0 Å². The van der Waals surface area contributed by atoms with Crippen LogP contribution in [0.15, 0.2) is 10.7 Å². The highest BCUT2D eigenvalue weighted by atomic mass is 79.9. The molecule has 1 heterocycles. The van der Waals surface area contributed by atoms with Gasteiger partial charge in [-0.25, -0.2) is 4.98 Å². The second-order valence-electron chi connectivity index (χ2n) is 3.62. The molecule has 0 saturated carbocycles. The van der Waals surface area contributed by atoms with Crippen LogP contribution in [-0.2, 0) is 0 Å². The Bertz CT molecular complexity index is 293. The molecule has 0 radical (unpaired) electrons. The molecule has 0 aliphatic rings. The van der Waals surface area contributed by atoms with Crippen molar-refractivity contribution in [1.82, 2.24) is 9.97 Å². The Kier molecular flexibility index (Phi) is 3.69. The molecular formula is C9H15BrN4. The third-order valence-corrected chi connectivity index (χ3v) is 2.48. The summed E-state index contributed by atoms with van der Waals surface area (Å²) in [4.78, 5) is 8.25. The van der Waals surface area contributed by atoms with Gasteiger partial charge in [0.1, 0.15) is 10.4 Å². The van der Waals surface area contributed by atoms with Gasteiger partial charge in [-0.15, -0.1) is 0 Å². The van der Waals surface area contributed by atoms with Crippen molar-refractivity contribution < 1.29 is 0 Å². The van der Waals surface area contributed by atoms with Crippen LogP contribution in [0.3, 0.4) is 0 Å². The van der Waals surface area contributed by atoms with E-state index >= 15 is 0 Å². The lowest BCUT2D eigenvalue weighted by molar-refractivity contribution is 0.556. The maximum Gasteiger partial charge on any atom is 0.225 e. The summed E-state index contributed by atoms with van der Waals surface area (Å²) in [6.45, 7) is 6.36. The number of hydrogen-bond donors (Lipinski definition) is 2. The monoisotopic (exact) mass is 258 g/mol. The highest BCUT2D eigenvalue weighted by molar-refractivity contribution is 9.10. The zero-order valence-electron chi connectivity index (χ0n) is 8.58. The van der Waals surface area contributed by atoms with Gasteiger partial charge in [-0.2, -0.15) is 4.98 Å². The van der Waals surface area contributed by atoms with Crippen LogP contribution in [0.25, 0.3) is 0 Å². The smallest absolute Gasteiger partial charge is 0.225 e. The first-order chi connectivity index (χ1) is 6.49. The summed E-state index contributed by atoms with van der Waals surface area (Å²) in [6, 6.07) is 1.99. The number of nitrogens with zero attached hydrogens (tertiary/aromatic N) is 2. The number of aromatic nitrogens is 2. The zero-order chi connectivity index (χ0) is 10.7. The molecule has 1 aromatic rings. The molecule has 4 nitrogen and oxygen atoms in total. The Morgan fingerprint density at radius 3 is 2.50 bits per heavy atom. The van der Waals surface area contributed by atoms with Gasteiger partial charge in [0.2, 0.25) is 5.95 Å². The number of nitrogens with one attached hydrogen (secondary N) is 1. The lowest BCUT2D eigenvalue weighted by Gasteiger charge is -2.17. The maximum absolute atomic E-state index is 5.59. The molecule has 0 aliphatic heterocycles. The summed E-state index contributed by atoms with van der Waals surface area (Å²) in [6.07, 6.45) is 0. The predicted octanol–water partition coefficient (Wildman–Crippen LogP) is 2.28. The molecule has 0 aliphatic carbocycles. The van der Waals surface area contributed by atoms with E-state index in [1.54, 1.807) is 6.07 Å². The lowest BCUT2D eigenvalue weighted by atomic mass is 10.1. The van der Waals surface area contributed by atoms with Crippen molar-refractivity contribution in [3.8, 4) is 0 Å². The first-order valence-corrected chi connectivity index (χ1v) is 5.35. The number of nitrogen functional groups attached to an aromatic ring is 1. The fourth-order valence-electron chi connectivity index (χ4n) is 0.870. The average molecular weight is 259 g/mol. The van der Waals surface area contributed by atoms with Crippen molar-refractivity contribution in [3.05, 3.63) is 10.7 Å². The minimum atomic E-state index is 0.323. The second kappa shape index (κ2) is 4.59. The van der Waals surface area contributed by atoms with Gasteiger partial charge in [0.05, 0.1) is 0 Å². The van der Waals surface area contributed by atoms with Crippen molar-refractivity contribution in [2.45, 2.75) is 26.8 Å². The fraction of sp³-hybridized carbons (Fsp3) is 0.556. The van der Waals surface area contributed by atoms with Gasteiger partial charge in [0.25, 0.3) is 0 Å². The van der Waals surface area contributed by atoms with Crippen LogP contribution in [-0.4, -0.2) is 16.0 Å². The van der Waals surface area contributed by atoms with Crippen molar-refractivity contribution >= 4 is 27.7 Å². The Hall–Kier alpha value is -0.840. The first-order valence-electron chi connectivity index (χ1n) is 4.55. The topological polar surface area (TPSA) is 63.8 Å². The SMILES string of the molecule is CC(C)C(C)Nc1nc(N)cc(Br)n1. The number of halogens is 1. The largest absolute Gasteiger partial charge is 0.383 e. The molecule has 1 atom stereocenters. The number of nitrogens with two attached hydrogens (primary N) is 1. The second-order valence-corrected chi connectivity index (χ2v) is 4.43. The molecule has 1 unspecified atom stereocenters. The maximum atomic E-state index is 5.59. The molecule has 0 fully saturated rings. The Balaban J connectivity index is 2.76. The summed E-state index contributed by atoms with van der Waals surface area (Å²) < 4.78 is 0.698. The van der Waals surface area contributed by atoms with Gasteiger partial charge in [0, 0.05) is 12.1 Å². The van der Waals surface area contributed by atoms with Crippen LogP contribution < -0.4 is 11.1 Å². The summed E-state index contributed by atoms with van der Waals surface area (Å²) in [5.41, 5.74) is 5.59. The van der Waals surface area contributed by atoms with Gasteiger partial charge in [0.15, 0.2) is 0 Å². The van der Waals surface area contributed by atoms with Gasteiger partial charge in [-0.1, -0.05) is 13.8 Å². The predicted molar refractivity (Wildman–Crippen MR) is 62.1 cm³/mol. The molecule has 78 valence electrons. The normalized spacial score (nSPS) is 12.9. The standard InChI is InChI=1S/C9H15BrN4/c1-5(2)6(3)12-9-13-7(10)4-8(11)14-9/h4-6H,1-3H3,(H3,11,12,13,14). The van der Waals surface area contributed by atoms with E-state index in [-0.39, 0.29) is 0 Å². The number of hydrogen-bond acceptors (Lipinski definition) is 4. The molecule has 0 spiro atoms. The van der Waals surface area contributed by atoms with Crippen LogP contribution in [0, 0.1) is 5.92 Å². The number of rotatable bonds is 3. The van der Waals surface area contributed by atoms with E-state index < -0.39 is 0 Å². The quantitative estimate of drug-likeness (QED) is 0.817. The van der Waals surface area contributed by atoms with E-state index in [2.05, 4.69) is 52.0 Å². The molecule has 14 heavy (non-hydrogen) atoms. The molecule has 0 saturated heterocycles. The minimum Gasteiger partial charge on any atom is -0.383 e. The van der Waals surface area contributed by atoms with Crippen LogP contribution in [0.4, 0.5) is 11.8 Å². The van der Waals surface area contributed by atoms with Gasteiger partial charge in [-0.05, 0) is 28.8 Å². The molecule has 0 bridgehead atoms. The van der Waals surface area contributed by atoms with Gasteiger partial charge < -0.3 is 11.1 Å². The molecule has 1 aromatic heterocycles. The summed E-state index contributed by atoms with van der Waals surface area (Å²) >= 11 is 3.27. The summed E-state index contributed by atoms with van der Waals surface area (Å²) in [5, 5.41) is 3.19. The molecule has 1 rings (SSSR count). The first kappa shape index (κ1) is 11.2. The van der Waals surface area contributed by atoms with E-state index in [1.807, 2.05) is 0 Å². The van der Waals surface area contributed by atoms with Gasteiger partial charge in [-0.3, -0.25) is 0 Å². The molecule has 0 amide bonds. The fourth-order valence-corrected chi connectivity index (χ4v) is 1.27. The highest BCUT2D eigenvalue weighted by Crippen LogP contribution is 2.14. The summed E-state index contributed by atoms with van der Waals surface area (Å²) in [5.74, 6) is 1.56. The van der Waals surface area contributed by atoms with Crippen molar-refractivity contribution in [3.63, 3.8) is 0 Å². The molecule has 3 N–H and O–H groups in total. The van der Waals surface area contributed by atoms with Gasteiger partial charge >= 0.3 is 0 Å². The van der Waals surface area contributed by atoms with E-state index in [4.69, 9.17) is 5.73 Å². The van der Waals surface area contributed by atoms with Crippen molar-refractivity contribution in [1.29, 1.82) is 0 Å². The van der Waals surface area contributed by atoms with Crippen LogP contribution in [0.2, 0.25) is 0 Å². The number of anilines is 2. The Morgan fingerprint density at radius 1 is 1.36 bits per heavy atom. The zero-order valence-corrected chi connectivity index (χ0v) is 10.2. The summed E-state index contributed by atoms with van der Waals surface area (Å²) in [7, 11) is 0. The average Bonchev–Trinajstić information content (AvgIpc) is 2.01. The van der Waals surface area contributed by atoms with Crippen molar-refractivity contribution in [2.75, 3.05) is 11.1 Å². The third kappa shape index (κ3) is 3.14. The molecule has 5 heteroatoms. The minimum absolute atomic E-state index is 0.323. The highest BCUT2D eigenvalue weighted by Gasteiger charge is 2.08. The Morgan fingerprint density at radius 2 is 2.00 bits per heavy atom. The van der Waals surface area contributed by atoms with E-state index in [1.165, 1.54) is 0 Å². The van der Waals surface area contributed by atoms with Crippen LogP contribution in [0.1, 0.15) is 20.8 Å². The van der Waals surface area contributed by atoms with Crippen LogP contribution >= 0.6 is 15.9 Å². The molecule has 0 aromatic carbocycles. The van der Waals surface area contributed by atoms with E-state index in [9.17, 15) is 0 Å².